The fourth-order valence-corrected chi connectivity index (χ4v) is 6.37. The molecule has 9 heteroatoms. The second kappa shape index (κ2) is 10.9. The van der Waals surface area contributed by atoms with E-state index in [2.05, 4.69) is 4.72 Å². The first-order valence-corrected chi connectivity index (χ1v) is 14.7. The molecule has 4 aromatic rings. The number of hydrogen-bond acceptors (Lipinski definition) is 7. The van der Waals surface area contributed by atoms with Gasteiger partial charge in [-0.2, -0.15) is 4.72 Å². The van der Waals surface area contributed by atoms with Crippen LogP contribution in [0.2, 0.25) is 0 Å². The molecule has 1 aliphatic rings. The zero-order valence-electron chi connectivity index (χ0n) is 23.0. The van der Waals surface area contributed by atoms with Gasteiger partial charge in [0.2, 0.25) is 15.9 Å². The van der Waals surface area contributed by atoms with Crippen LogP contribution in [0.4, 0.5) is 0 Å². The van der Waals surface area contributed by atoms with Gasteiger partial charge in [-0.1, -0.05) is 78.4 Å². The number of fused-ring (bicyclic) bond motifs is 1. The monoisotopic (exact) mass is 570 g/mol. The first kappa shape index (κ1) is 28.2. The van der Waals surface area contributed by atoms with E-state index in [0.29, 0.717) is 11.1 Å². The van der Waals surface area contributed by atoms with Crippen LogP contribution in [-0.2, 0) is 35.5 Å². The number of aryl methyl sites for hydroxylation is 1. The molecule has 0 saturated heterocycles. The average molecular weight is 571 g/mol. The summed E-state index contributed by atoms with van der Waals surface area (Å²) >= 11 is 0. The molecule has 1 heterocycles. The number of cyclic esters (lactones) is 1. The molecule has 1 aliphatic heterocycles. The summed E-state index contributed by atoms with van der Waals surface area (Å²) in [5, 5.41) is 1.89. The fraction of sp³-hybridized carbons (Fsp3) is 0.219. The summed E-state index contributed by atoms with van der Waals surface area (Å²) in [6.07, 6.45) is -0.129. The van der Waals surface area contributed by atoms with E-state index in [1.165, 1.54) is 19.1 Å². The Morgan fingerprint density at radius 2 is 1.61 bits per heavy atom. The molecule has 0 aliphatic carbocycles. The molecule has 41 heavy (non-hydrogen) atoms. The second-order valence-corrected chi connectivity index (χ2v) is 11.8. The number of hydrogen-bond donors (Lipinski definition) is 1. The van der Waals surface area contributed by atoms with Gasteiger partial charge >= 0.3 is 11.9 Å². The van der Waals surface area contributed by atoms with Gasteiger partial charge < -0.3 is 9.47 Å². The number of aliphatic imine (C=N–C) groups is 1. The van der Waals surface area contributed by atoms with Crippen LogP contribution < -0.4 is 4.72 Å². The number of benzene rings is 4. The third-order valence-corrected chi connectivity index (χ3v) is 8.87. The van der Waals surface area contributed by atoms with Gasteiger partial charge in [-0.15, -0.1) is 0 Å². The lowest BCUT2D eigenvalue weighted by atomic mass is 9.75. The lowest BCUT2D eigenvalue weighted by molar-refractivity contribution is -0.158. The molecule has 0 fully saturated rings. The minimum Gasteiger partial charge on any atom is -0.465 e. The number of ether oxygens (including phenoxy) is 2. The zero-order valence-corrected chi connectivity index (χ0v) is 23.8. The molecule has 0 spiro atoms. The van der Waals surface area contributed by atoms with Gasteiger partial charge in [-0.3, -0.25) is 0 Å². The van der Waals surface area contributed by atoms with E-state index < -0.39 is 33.0 Å². The van der Waals surface area contributed by atoms with E-state index in [9.17, 15) is 18.0 Å². The van der Waals surface area contributed by atoms with Gasteiger partial charge in [-0.25, -0.2) is 23.0 Å². The normalized spacial score (nSPS) is 18.4. The molecule has 210 valence electrons. The molecule has 0 radical (unpaired) electrons. The van der Waals surface area contributed by atoms with Crippen LogP contribution in [0, 0.1) is 6.92 Å². The molecule has 0 bridgehead atoms. The van der Waals surface area contributed by atoms with Gasteiger partial charge in [0.05, 0.1) is 11.5 Å². The van der Waals surface area contributed by atoms with Gasteiger partial charge in [0.25, 0.3) is 0 Å². The number of nitrogens with one attached hydrogen (secondary N) is 1. The van der Waals surface area contributed by atoms with Crippen molar-refractivity contribution in [2.24, 2.45) is 4.99 Å². The Morgan fingerprint density at radius 1 is 0.951 bits per heavy atom. The predicted octanol–water partition coefficient (Wildman–Crippen LogP) is 4.73. The van der Waals surface area contributed by atoms with Gasteiger partial charge in [-0.05, 0) is 61.4 Å². The Morgan fingerprint density at radius 3 is 2.29 bits per heavy atom. The van der Waals surface area contributed by atoms with Gasteiger partial charge in [0.1, 0.15) is 0 Å². The van der Waals surface area contributed by atoms with Crippen LogP contribution in [0.1, 0.15) is 30.5 Å². The van der Waals surface area contributed by atoms with E-state index in [1.807, 2.05) is 49.4 Å². The highest BCUT2D eigenvalue weighted by molar-refractivity contribution is 7.89. The van der Waals surface area contributed by atoms with Crippen LogP contribution in [0.15, 0.2) is 107 Å². The summed E-state index contributed by atoms with van der Waals surface area (Å²) in [7, 11) is -4.33. The Labute approximate surface area is 239 Å². The van der Waals surface area contributed by atoms with Crippen LogP contribution in [0.25, 0.3) is 10.8 Å². The fourth-order valence-electron chi connectivity index (χ4n) is 4.97. The highest BCUT2D eigenvalue weighted by Gasteiger charge is 2.65. The molecular formula is C32H30N2O6S. The largest absolute Gasteiger partial charge is 0.465 e. The van der Waals surface area contributed by atoms with E-state index >= 15 is 0 Å². The number of esters is 2. The van der Waals surface area contributed by atoms with Gasteiger partial charge in [0.15, 0.2) is 11.1 Å². The molecular weight excluding hydrogens is 540 g/mol. The van der Waals surface area contributed by atoms with Crippen molar-refractivity contribution in [1.29, 1.82) is 0 Å². The summed E-state index contributed by atoms with van der Waals surface area (Å²) in [5.41, 5.74) is -2.18. The third kappa shape index (κ3) is 5.26. The molecule has 5 rings (SSSR count). The van der Waals surface area contributed by atoms with Crippen molar-refractivity contribution in [3.05, 3.63) is 114 Å². The first-order chi connectivity index (χ1) is 19.6. The summed E-state index contributed by atoms with van der Waals surface area (Å²) in [6, 6.07) is 28.3. The van der Waals surface area contributed by atoms with Crippen LogP contribution in [-0.4, -0.2) is 43.9 Å². The minimum absolute atomic E-state index is 0.0123. The highest BCUT2D eigenvalue weighted by atomic mass is 32.2. The smallest absolute Gasteiger partial charge is 0.343 e. The lowest BCUT2D eigenvalue weighted by Gasteiger charge is -2.39. The maximum Gasteiger partial charge on any atom is 0.343 e. The topological polar surface area (TPSA) is 111 Å². The van der Waals surface area contributed by atoms with Crippen molar-refractivity contribution >= 4 is 38.6 Å². The Balaban J connectivity index is 1.70. The molecule has 2 unspecified atom stereocenters. The average Bonchev–Trinajstić information content (AvgIpc) is 3.30. The van der Waals surface area contributed by atoms with Crippen molar-refractivity contribution in [2.45, 2.75) is 43.2 Å². The van der Waals surface area contributed by atoms with Crippen LogP contribution >= 0.6 is 0 Å². The van der Waals surface area contributed by atoms with E-state index in [1.54, 1.807) is 49.4 Å². The number of carbonyl (C=O) groups is 2. The number of rotatable bonds is 9. The third-order valence-electron chi connectivity index (χ3n) is 7.30. The second-order valence-electron chi connectivity index (χ2n) is 10.2. The maximum absolute atomic E-state index is 14.0. The number of nitrogens with zero attached hydrogens (tertiary/aromatic N) is 1. The Hall–Kier alpha value is -4.34. The standard InChI is InChI=1S/C32H30N2O6S/c1-4-39-29(35)31(3,34-41(37,38)27-18-14-22(2)15-19-27)32(21-23-10-6-5-7-11-23)30(36)40-28(33-32)26-17-16-24-12-8-9-13-25(24)20-26/h5-20,34H,4,21H2,1-3H3. The summed E-state index contributed by atoms with van der Waals surface area (Å²) in [6.45, 7) is 4.72. The molecule has 0 aromatic heterocycles. The van der Waals surface area contributed by atoms with Crippen molar-refractivity contribution in [3.8, 4) is 0 Å². The lowest BCUT2D eigenvalue weighted by Crippen LogP contribution is -2.69. The summed E-state index contributed by atoms with van der Waals surface area (Å²) in [5.74, 6) is -1.83. The van der Waals surface area contributed by atoms with E-state index in [-0.39, 0.29) is 23.8 Å². The zero-order chi connectivity index (χ0) is 29.3. The number of sulfonamides is 1. The van der Waals surface area contributed by atoms with Crippen LogP contribution in [0.5, 0.6) is 0 Å². The molecule has 2 atom stereocenters. The molecule has 8 nitrogen and oxygen atoms in total. The molecule has 4 aromatic carbocycles. The van der Waals surface area contributed by atoms with E-state index in [4.69, 9.17) is 14.5 Å². The van der Waals surface area contributed by atoms with Crippen molar-refractivity contribution in [1.82, 2.24) is 4.72 Å². The summed E-state index contributed by atoms with van der Waals surface area (Å²) in [4.78, 5) is 32.4. The van der Waals surface area contributed by atoms with Crippen molar-refractivity contribution in [2.75, 3.05) is 6.61 Å². The van der Waals surface area contributed by atoms with Crippen molar-refractivity contribution < 1.29 is 27.5 Å². The molecule has 0 saturated carbocycles. The Bertz CT molecular complexity index is 1750. The summed E-state index contributed by atoms with van der Waals surface area (Å²) < 4.78 is 41.1. The Kier molecular flexibility index (Phi) is 7.50. The minimum atomic E-state index is -4.33. The number of carbonyl (C=O) groups excluding carboxylic acids is 2. The first-order valence-electron chi connectivity index (χ1n) is 13.2. The molecule has 0 amide bonds. The maximum atomic E-state index is 14.0. The van der Waals surface area contributed by atoms with Gasteiger partial charge in [0, 0.05) is 12.0 Å². The van der Waals surface area contributed by atoms with Crippen molar-refractivity contribution in [3.63, 3.8) is 0 Å². The quantitative estimate of drug-likeness (QED) is 0.291. The van der Waals surface area contributed by atoms with E-state index in [0.717, 1.165) is 16.3 Å². The highest BCUT2D eigenvalue weighted by Crippen LogP contribution is 2.39. The van der Waals surface area contributed by atoms with Crippen LogP contribution in [0.3, 0.4) is 0 Å². The SMILES string of the molecule is CCOC(=O)C(C)(NS(=O)(=O)c1ccc(C)cc1)C1(Cc2ccccc2)N=C(c2ccc3ccccc3c2)OC1=O. The molecule has 1 N–H and O–H groups in total. The predicted molar refractivity (Wildman–Crippen MR) is 156 cm³/mol.